The van der Waals surface area contributed by atoms with Crippen molar-refractivity contribution in [3.8, 4) is 0 Å². The van der Waals surface area contributed by atoms with Crippen LogP contribution in [0.5, 0.6) is 0 Å². The van der Waals surface area contributed by atoms with Gasteiger partial charge in [-0.3, -0.25) is 0 Å². The highest BCUT2D eigenvalue weighted by Crippen LogP contribution is 1.92. The summed E-state index contributed by atoms with van der Waals surface area (Å²) in [6.07, 6.45) is 4.71. The van der Waals surface area contributed by atoms with E-state index in [1.165, 1.54) is 6.26 Å². The molecule has 0 bridgehead atoms. The van der Waals surface area contributed by atoms with Gasteiger partial charge in [0.1, 0.15) is 0 Å². The van der Waals surface area contributed by atoms with Crippen molar-refractivity contribution in [2.45, 2.75) is 26.2 Å². The predicted molar refractivity (Wildman–Crippen MR) is 46.5 cm³/mol. The Labute approximate surface area is 69.2 Å². The molecule has 0 radical (unpaired) electrons. The molecule has 66 valence electrons. The molecular formula is C9H18O2. The third kappa shape index (κ3) is 9.50. The van der Waals surface area contributed by atoms with Gasteiger partial charge in [-0.05, 0) is 19.3 Å². The van der Waals surface area contributed by atoms with E-state index in [1.54, 1.807) is 0 Å². The van der Waals surface area contributed by atoms with Crippen molar-refractivity contribution in [3.63, 3.8) is 0 Å². The minimum absolute atomic E-state index is 0.763. The fourth-order valence-corrected chi connectivity index (χ4v) is 0.719. The van der Waals surface area contributed by atoms with Gasteiger partial charge in [0, 0.05) is 13.2 Å². The lowest BCUT2D eigenvalue weighted by Crippen LogP contribution is -1.97. The third-order valence-electron chi connectivity index (χ3n) is 1.27. The summed E-state index contributed by atoms with van der Waals surface area (Å²) in [4.78, 5) is 0. The average molecular weight is 158 g/mol. The van der Waals surface area contributed by atoms with Crippen molar-refractivity contribution in [1.82, 2.24) is 0 Å². The molecule has 0 fully saturated rings. The van der Waals surface area contributed by atoms with Gasteiger partial charge in [0.2, 0.25) is 0 Å². The van der Waals surface area contributed by atoms with Crippen LogP contribution in [0.4, 0.5) is 0 Å². The van der Waals surface area contributed by atoms with Gasteiger partial charge in [-0.25, -0.2) is 0 Å². The number of unbranched alkanes of at least 4 members (excludes halogenated alkanes) is 1. The van der Waals surface area contributed by atoms with Crippen molar-refractivity contribution in [2.24, 2.45) is 0 Å². The normalized spacial score (nSPS) is 9.55. The van der Waals surface area contributed by atoms with E-state index in [0.29, 0.717) is 0 Å². The van der Waals surface area contributed by atoms with Crippen molar-refractivity contribution in [3.05, 3.63) is 12.8 Å². The molecule has 0 saturated heterocycles. The zero-order chi connectivity index (χ0) is 8.36. The summed E-state index contributed by atoms with van der Waals surface area (Å²) in [5.41, 5.74) is 0. The van der Waals surface area contributed by atoms with Crippen LogP contribution in [0.15, 0.2) is 12.8 Å². The Bertz CT molecular complexity index is 81.6. The van der Waals surface area contributed by atoms with Crippen molar-refractivity contribution in [2.75, 3.05) is 19.8 Å². The lowest BCUT2D eigenvalue weighted by molar-refractivity contribution is 0.124. The van der Waals surface area contributed by atoms with Gasteiger partial charge in [-0.2, -0.15) is 0 Å². The van der Waals surface area contributed by atoms with E-state index in [1.807, 2.05) is 0 Å². The molecule has 0 aromatic heterocycles. The standard InChI is InChI=1S/C9H18O2/c1-3-7-11-9-6-5-8-10-4-2/h4H,2-3,5-9H2,1H3. The van der Waals surface area contributed by atoms with Crippen molar-refractivity contribution >= 4 is 0 Å². The first-order valence-corrected chi connectivity index (χ1v) is 4.22. The molecule has 0 saturated carbocycles. The largest absolute Gasteiger partial charge is 0.502 e. The van der Waals surface area contributed by atoms with Gasteiger partial charge in [-0.15, -0.1) is 0 Å². The van der Waals surface area contributed by atoms with E-state index in [2.05, 4.69) is 13.5 Å². The Kier molecular flexibility index (Phi) is 9.07. The fraction of sp³-hybridized carbons (Fsp3) is 0.778. The molecule has 2 nitrogen and oxygen atoms in total. The second-order valence-corrected chi connectivity index (χ2v) is 2.36. The maximum Gasteiger partial charge on any atom is 0.0873 e. The van der Waals surface area contributed by atoms with Crippen LogP contribution >= 0.6 is 0 Å². The van der Waals surface area contributed by atoms with Crippen molar-refractivity contribution in [1.29, 1.82) is 0 Å². The average Bonchev–Trinajstić information content (AvgIpc) is 2.03. The Morgan fingerprint density at radius 2 is 1.91 bits per heavy atom. The quantitative estimate of drug-likeness (QED) is 0.399. The molecule has 0 N–H and O–H groups in total. The van der Waals surface area contributed by atoms with E-state index in [-0.39, 0.29) is 0 Å². The maximum absolute atomic E-state index is 5.28. The molecule has 0 amide bonds. The van der Waals surface area contributed by atoms with E-state index in [4.69, 9.17) is 9.47 Å². The monoisotopic (exact) mass is 158 g/mol. The minimum atomic E-state index is 0.763. The Hall–Kier alpha value is -0.500. The van der Waals surface area contributed by atoms with E-state index >= 15 is 0 Å². The summed E-state index contributed by atoms with van der Waals surface area (Å²) in [7, 11) is 0. The predicted octanol–water partition coefficient (Wildman–Crippen LogP) is 2.35. The zero-order valence-corrected chi connectivity index (χ0v) is 7.34. The van der Waals surface area contributed by atoms with Crippen LogP contribution in [-0.2, 0) is 9.47 Å². The van der Waals surface area contributed by atoms with Crippen LogP contribution in [-0.4, -0.2) is 19.8 Å². The summed E-state index contributed by atoms with van der Waals surface area (Å²) < 4.78 is 10.2. The number of hydrogen-bond acceptors (Lipinski definition) is 2. The van der Waals surface area contributed by atoms with Gasteiger partial charge < -0.3 is 9.47 Å². The molecule has 0 aromatic carbocycles. The Morgan fingerprint density at radius 1 is 1.18 bits per heavy atom. The van der Waals surface area contributed by atoms with E-state index in [9.17, 15) is 0 Å². The van der Waals surface area contributed by atoms with Crippen LogP contribution in [0.3, 0.4) is 0 Å². The van der Waals surface area contributed by atoms with Gasteiger partial charge in [-0.1, -0.05) is 13.5 Å². The van der Waals surface area contributed by atoms with Crippen LogP contribution < -0.4 is 0 Å². The van der Waals surface area contributed by atoms with Crippen LogP contribution in [0.2, 0.25) is 0 Å². The molecule has 0 heterocycles. The lowest BCUT2D eigenvalue weighted by Gasteiger charge is -2.01. The first-order chi connectivity index (χ1) is 5.41. The molecule has 11 heavy (non-hydrogen) atoms. The smallest absolute Gasteiger partial charge is 0.0873 e. The lowest BCUT2D eigenvalue weighted by atomic mass is 10.3. The van der Waals surface area contributed by atoms with Gasteiger partial charge >= 0.3 is 0 Å². The Morgan fingerprint density at radius 3 is 2.55 bits per heavy atom. The van der Waals surface area contributed by atoms with Crippen LogP contribution in [0.25, 0.3) is 0 Å². The summed E-state index contributed by atoms with van der Waals surface area (Å²) in [5.74, 6) is 0. The third-order valence-corrected chi connectivity index (χ3v) is 1.27. The van der Waals surface area contributed by atoms with Crippen molar-refractivity contribution < 1.29 is 9.47 Å². The number of rotatable bonds is 8. The number of hydrogen-bond donors (Lipinski definition) is 0. The SMILES string of the molecule is C=COCCCCOCCC. The van der Waals surface area contributed by atoms with Crippen LogP contribution in [0.1, 0.15) is 26.2 Å². The highest BCUT2D eigenvalue weighted by Gasteiger charge is 1.87. The number of ether oxygens (including phenoxy) is 2. The summed E-state index contributed by atoms with van der Waals surface area (Å²) in [6, 6.07) is 0. The minimum Gasteiger partial charge on any atom is -0.502 e. The van der Waals surface area contributed by atoms with E-state index < -0.39 is 0 Å². The second-order valence-electron chi connectivity index (χ2n) is 2.36. The maximum atomic E-state index is 5.28. The molecule has 0 aromatic rings. The molecule has 0 aliphatic rings. The van der Waals surface area contributed by atoms with Gasteiger partial charge in [0.25, 0.3) is 0 Å². The molecule has 0 spiro atoms. The first kappa shape index (κ1) is 10.5. The molecular weight excluding hydrogens is 140 g/mol. The molecule has 0 aliphatic carbocycles. The highest BCUT2D eigenvalue weighted by molar-refractivity contribution is 4.48. The Balaban J connectivity index is 2.74. The van der Waals surface area contributed by atoms with Crippen LogP contribution in [0, 0.1) is 0 Å². The molecule has 0 unspecified atom stereocenters. The summed E-state index contributed by atoms with van der Waals surface area (Å²) in [6.45, 7) is 8.06. The topological polar surface area (TPSA) is 18.5 Å². The molecule has 0 atom stereocenters. The molecule has 2 heteroatoms. The highest BCUT2D eigenvalue weighted by atomic mass is 16.5. The van der Waals surface area contributed by atoms with E-state index in [0.717, 1.165) is 39.1 Å². The summed E-state index contributed by atoms with van der Waals surface area (Å²) >= 11 is 0. The molecule has 0 rings (SSSR count). The zero-order valence-electron chi connectivity index (χ0n) is 7.34. The second kappa shape index (κ2) is 9.50. The summed E-state index contributed by atoms with van der Waals surface area (Å²) in [5, 5.41) is 0. The first-order valence-electron chi connectivity index (χ1n) is 4.22. The van der Waals surface area contributed by atoms with Gasteiger partial charge in [0.15, 0.2) is 0 Å². The fourth-order valence-electron chi connectivity index (χ4n) is 0.719. The van der Waals surface area contributed by atoms with Gasteiger partial charge in [0.05, 0.1) is 12.9 Å². The molecule has 0 aliphatic heterocycles.